The van der Waals surface area contributed by atoms with Gasteiger partial charge in [0.25, 0.3) is 0 Å². The van der Waals surface area contributed by atoms with Crippen molar-refractivity contribution in [1.29, 1.82) is 0 Å². The largest absolute Gasteiger partial charge is 0.449 e. The lowest BCUT2D eigenvalue weighted by Crippen LogP contribution is -2.44. The van der Waals surface area contributed by atoms with Crippen LogP contribution in [0, 0.1) is 83.1 Å². The van der Waals surface area contributed by atoms with E-state index in [2.05, 4.69) is 147 Å². The lowest BCUT2D eigenvalue weighted by Gasteiger charge is -2.31. The highest BCUT2D eigenvalue weighted by atomic mass is 16.5. The molecule has 0 aromatic carbocycles. The van der Waals surface area contributed by atoms with Crippen molar-refractivity contribution in [2.24, 2.45) is 14.1 Å². The van der Waals surface area contributed by atoms with Crippen molar-refractivity contribution in [2.75, 3.05) is 118 Å². The van der Waals surface area contributed by atoms with Crippen LogP contribution in [0.5, 0.6) is 0 Å². The van der Waals surface area contributed by atoms with E-state index in [0.717, 1.165) is 40.8 Å². The minimum Gasteiger partial charge on any atom is -0.449 e. The zero-order chi connectivity index (χ0) is 69.7. The monoisotopic (exact) mass is 1320 g/mol. The van der Waals surface area contributed by atoms with Crippen LogP contribution in [0.25, 0.3) is 0 Å². The zero-order valence-electron chi connectivity index (χ0n) is 61.6. The van der Waals surface area contributed by atoms with E-state index in [0.29, 0.717) is 29.3 Å². The van der Waals surface area contributed by atoms with Gasteiger partial charge in [0.05, 0.1) is 31.3 Å². The van der Waals surface area contributed by atoms with Gasteiger partial charge in [0.2, 0.25) is 17.7 Å². The van der Waals surface area contributed by atoms with Gasteiger partial charge in [0, 0.05) is 81.7 Å². The first-order valence-corrected chi connectivity index (χ1v) is 33.8. The molecule has 0 saturated carbocycles. The van der Waals surface area contributed by atoms with Crippen molar-refractivity contribution in [1.82, 2.24) is 110 Å². The van der Waals surface area contributed by atoms with Crippen LogP contribution in [0.4, 0.5) is 0 Å². The van der Waals surface area contributed by atoms with Crippen molar-refractivity contribution in [2.45, 2.75) is 188 Å². The molecule has 13 heterocycles. The fourth-order valence-electron chi connectivity index (χ4n) is 9.07. The van der Waals surface area contributed by atoms with Crippen LogP contribution in [-0.2, 0) is 14.1 Å². The Hall–Kier alpha value is -6.98. The van der Waals surface area contributed by atoms with Crippen LogP contribution in [0.15, 0.2) is 64.0 Å². The first-order chi connectivity index (χ1) is 45.1. The Balaban J connectivity index is 0.000000510. The number of piperazine rings is 1. The molecule has 5 saturated heterocycles. The molecule has 8 aromatic rings. The molecule has 0 aliphatic carbocycles. The lowest BCUT2D eigenvalue weighted by atomic mass is 10.1. The summed E-state index contributed by atoms with van der Waals surface area (Å²) in [6.45, 7) is 54.9. The summed E-state index contributed by atoms with van der Waals surface area (Å²) in [5.41, 5.74) is 0.942. The minimum absolute atomic E-state index is 0.623. The number of aromatic nitrogens is 16. The van der Waals surface area contributed by atoms with Gasteiger partial charge in [-0.1, -0.05) is 59.0 Å². The second-order valence-corrected chi connectivity index (χ2v) is 22.8. The highest BCUT2D eigenvalue weighted by molar-refractivity contribution is 4.90. The molecule has 0 amide bonds. The number of rotatable bonds is 5. The maximum atomic E-state index is 4.97. The fourth-order valence-corrected chi connectivity index (χ4v) is 9.07. The molecule has 28 heteroatoms. The fraction of sp³-hybridized carbons (Fsp3) is 0.727. The normalized spacial score (nSPS) is 15.5. The predicted molar refractivity (Wildman–Crippen MR) is 368 cm³/mol. The van der Waals surface area contributed by atoms with Gasteiger partial charge in [0.15, 0.2) is 35.2 Å². The third-order valence-corrected chi connectivity index (χ3v) is 14.7. The number of likely N-dealkylation sites (N-methyl/N-ethyl adjacent to an activating group) is 2. The number of piperidine rings is 3. The van der Waals surface area contributed by atoms with Crippen molar-refractivity contribution in [3.05, 3.63) is 108 Å². The van der Waals surface area contributed by atoms with Crippen LogP contribution >= 0.6 is 0 Å². The summed E-state index contributed by atoms with van der Waals surface area (Å²) in [5.74, 6) is 7.88. The molecule has 5 fully saturated rings. The van der Waals surface area contributed by atoms with E-state index in [-0.39, 0.29) is 0 Å². The Morgan fingerprint density at radius 2 is 0.830 bits per heavy atom. The van der Waals surface area contributed by atoms with Crippen molar-refractivity contribution < 1.29 is 26.6 Å². The van der Waals surface area contributed by atoms with E-state index in [1.165, 1.54) is 187 Å². The summed E-state index contributed by atoms with van der Waals surface area (Å²) in [6, 6.07) is 0. The summed E-state index contributed by atoms with van der Waals surface area (Å²) >= 11 is 0. The van der Waals surface area contributed by atoms with Crippen molar-refractivity contribution in [3.8, 4) is 0 Å². The second kappa shape index (κ2) is 54.3. The molecule has 94 heavy (non-hydrogen) atoms. The summed E-state index contributed by atoms with van der Waals surface area (Å²) in [6.07, 6.45) is 25.4. The number of likely N-dealkylation sites (tertiary alicyclic amines) is 4. The molecule has 5 aliphatic rings. The molecular formula is C66H122N22O6. The van der Waals surface area contributed by atoms with Crippen LogP contribution in [0.1, 0.15) is 175 Å². The van der Waals surface area contributed by atoms with Gasteiger partial charge in [-0.15, -0.1) is 25.5 Å². The van der Waals surface area contributed by atoms with Gasteiger partial charge in [-0.2, -0.15) is 9.78 Å². The molecular weight excluding hydrogens is 1200 g/mol. The summed E-state index contributed by atoms with van der Waals surface area (Å²) < 4.78 is 30.3. The first kappa shape index (κ1) is 85.0. The summed E-state index contributed by atoms with van der Waals surface area (Å²) in [5, 5.41) is 32.3. The highest BCUT2D eigenvalue weighted by Gasteiger charge is 2.11. The third-order valence-electron chi connectivity index (χ3n) is 14.7. The SMILES string of the molecule is CCN1CCCC1.CCN1CCCCC1.CCN1CCCCC1.CCN1CCCCC1.CCN1CCN(C)CC1.Cc1cnc(C)o1.Cc1coc(C)n1.Cc1ncco1.Cc1ncco1.Cc1nnc(C)o1.Cc1nnn(C)n1.Cc1nnnn1C.Cc1noc(C)n1. The number of tetrazole rings is 2. The number of hydrogen-bond donors (Lipinski definition) is 0. The Kier molecular flexibility index (Phi) is 49.1. The van der Waals surface area contributed by atoms with Gasteiger partial charge in [-0.05, 0) is 194 Å². The molecule has 0 unspecified atom stereocenters. The summed E-state index contributed by atoms with van der Waals surface area (Å²) in [7, 11) is 5.72. The van der Waals surface area contributed by atoms with Gasteiger partial charge in [-0.3, -0.25) is 0 Å². The van der Waals surface area contributed by atoms with Gasteiger partial charge in [0.1, 0.15) is 30.4 Å². The molecule has 0 bridgehead atoms. The Morgan fingerprint density at radius 3 is 0.989 bits per heavy atom. The maximum absolute atomic E-state index is 4.97. The minimum atomic E-state index is 0.623. The van der Waals surface area contributed by atoms with Crippen LogP contribution in [-0.4, -0.2) is 228 Å². The highest BCUT2D eigenvalue weighted by Crippen LogP contribution is 2.09. The molecule has 8 aromatic heterocycles. The Labute approximate surface area is 562 Å². The molecule has 28 nitrogen and oxygen atoms in total. The molecule has 13 rings (SSSR count). The van der Waals surface area contributed by atoms with E-state index in [4.69, 9.17) is 22.1 Å². The van der Waals surface area contributed by atoms with E-state index in [1.807, 2.05) is 34.6 Å². The standard InChI is InChI=1S/C7H16N2.3C7H15N.C6H13N.2C5H7NO.2C4H6N2O.2C4H5NO.2C3H6N4/c1-3-9-6-4-8(2)5-7-9;3*1-2-8-6-4-3-5-7-8;1-2-7-5-3-4-6-7;1-4-3-7-5(2)6-4;1-4-3-6-5(2)7-4;1-3-5-6-4(2)7-3;1-3-5-4(2)7-6-3;2*1-4-5-2-3-6-4;1-3-4-5-6-7(3)2;1-3-4-6-7(2)5-3/h3-7H2,1-2H3;3*2-7H2,1H3;2-6H2,1H3;2*3H,1-2H3;2*1-2H3;2*2-3H,1H3;2*1-2H3. The molecule has 0 spiro atoms. The Bertz CT molecular complexity index is 2470. The number of nitrogens with zero attached hydrogens (tertiary/aromatic N) is 22. The molecule has 0 N–H and O–H groups in total. The smallest absolute Gasteiger partial charge is 0.223 e. The van der Waals surface area contributed by atoms with Crippen molar-refractivity contribution >= 4 is 0 Å². The molecule has 532 valence electrons. The van der Waals surface area contributed by atoms with Crippen LogP contribution in [0.2, 0.25) is 0 Å². The molecule has 0 radical (unpaired) electrons. The summed E-state index contributed by atoms with van der Waals surface area (Å²) in [4.78, 5) is 35.5. The zero-order valence-corrected chi connectivity index (χ0v) is 61.6. The van der Waals surface area contributed by atoms with E-state index < -0.39 is 0 Å². The van der Waals surface area contributed by atoms with E-state index in [1.54, 1.807) is 105 Å². The second-order valence-electron chi connectivity index (χ2n) is 22.8. The lowest BCUT2D eigenvalue weighted by molar-refractivity contribution is 0.160. The Morgan fingerprint density at radius 1 is 0.394 bits per heavy atom. The van der Waals surface area contributed by atoms with E-state index in [9.17, 15) is 0 Å². The number of hydrogen-bond acceptors (Lipinski definition) is 26. The maximum Gasteiger partial charge on any atom is 0.223 e. The average molecular weight is 1320 g/mol. The third kappa shape index (κ3) is 47.0. The van der Waals surface area contributed by atoms with Gasteiger partial charge >= 0.3 is 0 Å². The van der Waals surface area contributed by atoms with Crippen LogP contribution in [0.3, 0.4) is 0 Å². The van der Waals surface area contributed by atoms with E-state index >= 15 is 0 Å². The predicted octanol–water partition coefficient (Wildman–Crippen LogP) is 10.8. The quantitative estimate of drug-likeness (QED) is 0.155. The number of aryl methyl sites for hydroxylation is 14. The van der Waals surface area contributed by atoms with Crippen molar-refractivity contribution in [3.63, 3.8) is 0 Å². The topological polar surface area (TPSA) is 289 Å². The van der Waals surface area contributed by atoms with Gasteiger partial charge in [-0.25, -0.2) is 24.6 Å². The van der Waals surface area contributed by atoms with Gasteiger partial charge < -0.3 is 56.0 Å². The van der Waals surface area contributed by atoms with Crippen LogP contribution < -0.4 is 0 Å². The first-order valence-electron chi connectivity index (χ1n) is 33.8. The molecule has 5 aliphatic heterocycles. The number of oxazole rings is 4. The molecule has 0 atom stereocenters. The average Bonchev–Trinajstić information content (AvgIpc) is 4.62.